The van der Waals surface area contributed by atoms with E-state index in [2.05, 4.69) is 26.6 Å². The summed E-state index contributed by atoms with van der Waals surface area (Å²) >= 11 is 1.53. The van der Waals surface area contributed by atoms with Gasteiger partial charge in [0.2, 0.25) is 23.6 Å². The van der Waals surface area contributed by atoms with Gasteiger partial charge in [-0.3, -0.25) is 19.2 Å². The van der Waals surface area contributed by atoms with Crippen molar-refractivity contribution in [3.8, 4) is 0 Å². The first kappa shape index (κ1) is 47.8. The number of hydrogen-bond acceptors (Lipinski definition) is 9. The molecule has 0 radical (unpaired) electrons. The summed E-state index contributed by atoms with van der Waals surface area (Å²) in [6, 6.07) is 6.12. The molecule has 14 heteroatoms. The number of benzene rings is 1. The number of alkyl carbamates (subject to hydrolysis) is 1. The van der Waals surface area contributed by atoms with Gasteiger partial charge in [-0.2, -0.15) is 11.8 Å². The van der Waals surface area contributed by atoms with Gasteiger partial charge < -0.3 is 41.2 Å². The van der Waals surface area contributed by atoms with Crippen molar-refractivity contribution in [1.82, 2.24) is 26.6 Å². The first-order chi connectivity index (χ1) is 25.8. The number of nitrogens with one attached hydrogen (secondary N) is 5. The molecule has 1 aliphatic heterocycles. The van der Waals surface area contributed by atoms with E-state index in [1.165, 1.54) is 11.8 Å². The van der Waals surface area contributed by atoms with Crippen molar-refractivity contribution < 1.29 is 38.6 Å². The molecular weight excluding hydrogens is 723 g/mol. The van der Waals surface area contributed by atoms with Gasteiger partial charge in [0.15, 0.2) is 0 Å². The summed E-state index contributed by atoms with van der Waals surface area (Å²) < 4.78 is 11.0. The third-order valence-electron chi connectivity index (χ3n) is 9.36. The SMILES string of the molecule is CSCC[C@H](NC(=O)[C@@H](NC(=O)OC(C)(C)C)C(C)C)C(=O)N[C@@H](CC(C)C)[C@@H](O)C[C@@H](CC(C)C)C(=O)N[C@H](C(=O)NCc1ccccc1)C1CCOC1. The van der Waals surface area contributed by atoms with Crippen LogP contribution in [0.15, 0.2) is 30.3 Å². The lowest BCUT2D eigenvalue weighted by atomic mass is 9.86. The molecule has 1 aromatic rings. The summed E-state index contributed by atoms with van der Waals surface area (Å²) in [5.41, 5.74) is 0.184. The lowest BCUT2D eigenvalue weighted by Gasteiger charge is -2.32. The van der Waals surface area contributed by atoms with E-state index in [9.17, 15) is 29.1 Å². The number of amides is 5. The molecule has 312 valence electrons. The standard InChI is InChI=1S/C41H69N5O8S/c1-25(2)20-30(36(48)45-35(29-16-18-53-24-29)38(50)42-23-28-14-12-11-13-15-28)22-33(47)32(21-26(3)4)44-37(49)31(17-19-55-10)43-39(51)34(27(5)6)46-40(52)54-41(7,8)9/h11-15,25-27,29-35,47H,16-24H2,1-10H3,(H,42,50)(H,43,51)(H,44,49)(H,45,48)(H,46,52)/t29?,30-,31+,32+,33+,34+,35+/m1/s1. The third kappa shape index (κ3) is 18.0. The molecule has 1 saturated heterocycles. The summed E-state index contributed by atoms with van der Waals surface area (Å²) in [4.78, 5) is 67.6. The molecule has 1 unspecified atom stereocenters. The Kier molecular flexibility index (Phi) is 20.5. The molecule has 0 spiro atoms. The molecule has 1 heterocycles. The molecule has 0 saturated carbocycles. The molecule has 55 heavy (non-hydrogen) atoms. The molecule has 7 atom stereocenters. The van der Waals surface area contributed by atoms with E-state index < -0.39 is 59.7 Å². The Morgan fingerprint density at radius 2 is 1.51 bits per heavy atom. The smallest absolute Gasteiger partial charge is 0.408 e. The van der Waals surface area contributed by atoms with E-state index >= 15 is 0 Å². The van der Waals surface area contributed by atoms with E-state index in [-0.39, 0.29) is 41.9 Å². The van der Waals surface area contributed by atoms with Crippen LogP contribution >= 0.6 is 11.8 Å². The molecule has 0 aliphatic carbocycles. The fourth-order valence-corrected chi connectivity index (χ4v) is 7.02. The average Bonchev–Trinajstić information content (AvgIpc) is 3.63. The molecule has 1 aliphatic rings. The fraction of sp³-hybridized carbons (Fsp3) is 0.732. The highest BCUT2D eigenvalue weighted by Gasteiger charge is 2.37. The van der Waals surface area contributed by atoms with Crippen molar-refractivity contribution in [3.63, 3.8) is 0 Å². The van der Waals surface area contributed by atoms with Gasteiger partial charge >= 0.3 is 6.09 Å². The maximum Gasteiger partial charge on any atom is 0.408 e. The largest absolute Gasteiger partial charge is 0.444 e. The van der Waals surface area contributed by atoms with Gasteiger partial charge in [-0.15, -0.1) is 0 Å². The quantitative estimate of drug-likeness (QED) is 0.0981. The Bertz CT molecular complexity index is 1350. The number of rotatable bonds is 22. The van der Waals surface area contributed by atoms with Crippen LogP contribution in [0.25, 0.3) is 0 Å². The number of carbonyl (C=O) groups is 5. The van der Waals surface area contributed by atoms with Crippen molar-refractivity contribution in [1.29, 1.82) is 0 Å². The number of ether oxygens (including phenoxy) is 2. The second kappa shape index (κ2) is 23.6. The monoisotopic (exact) mass is 791 g/mol. The van der Waals surface area contributed by atoms with Crippen molar-refractivity contribution in [2.24, 2.45) is 29.6 Å². The lowest BCUT2D eigenvalue weighted by Crippen LogP contribution is -2.58. The van der Waals surface area contributed by atoms with Crippen molar-refractivity contribution in [2.75, 3.05) is 25.2 Å². The van der Waals surface area contributed by atoms with E-state index in [1.807, 2.05) is 64.3 Å². The van der Waals surface area contributed by atoms with E-state index in [4.69, 9.17) is 9.47 Å². The summed E-state index contributed by atoms with van der Waals surface area (Å²) in [5.74, 6) is -1.99. The molecule has 6 N–H and O–H groups in total. The highest BCUT2D eigenvalue weighted by Crippen LogP contribution is 2.24. The molecular formula is C41H69N5O8S. The van der Waals surface area contributed by atoms with E-state index in [1.54, 1.807) is 34.6 Å². The number of aliphatic hydroxyl groups is 1. The number of thioether (sulfide) groups is 1. The normalized spacial score (nSPS) is 17.8. The average molecular weight is 792 g/mol. The zero-order chi connectivity index (χ0) is 41.3. The molecule has 2 rings (SSSR count). The van der Waals surface area contributed by atoms with Crippen LogP contribution in [0.2, 0.25) is 0 Å². The van der Waals surface area contributed by atoms with Crippen LogP contribution < -0.4 is 26.6 Å². The second-order valence-corrected chi connectivity index (χ2v) is 17.9. The van der Waals surface area contributed by atoms with Gasteiger partial charge in [-0.25, -0.2) is 4.79 Å². The van der Waals surface area contributed by atoms with Crippen LogP contribution in [0.5, 0.6) is 0 Å². The van der Waals surface area contributed by atoms with Gasteiger partial charge in [-0.1, -0.05) is 71.9 Å². The fourth-order valence-electron chi connectivity index (χ4n) is 6.55. The molecule has 1 aromatic carbocycles. The Morgan fingerprint density at radius 1 is 0.855 bits per heavy atom. The van der Waals surface area contributed by atoms with Crippen LogP contribution in [0.3, 0.4) is 0 Å². The second-order valence-electron chi connectivity index (χ2n) is 16.9. The number of carbonyl (C=O) groups excluding carboxylic acids is 5. The Balaban J connectivity index is 2.24. The van der Waals surface area contributed by atoms with Gasteiger partial charge in [0.05, 0.1) is 18.8 Å². The maximum absolute atomic E-state index is 14.0. The first-order valence-electron chi connectivity index (χ1n) is 19.8. The summed E-state index contributed by atoms with van der Waals surface area (Å²) in [6.45, 7) is 17.9. The predicted octanol–water partition coefficient (Wildman–Crippen LogP) is 4.56. The summed E-state index contributed by atoms with van der Waals surface area (Å²) in [7, 11) is 0. The topological polar surface area (TPSA) is 184 Å². The minimum atomic E-state index is -1.10. The zero-order valence-corrected chi connectivity index (χ0v) is 35.6. The molecule has 0 bridgehead atoms. The van der Waals surface area contributed by atoms with Crippen LogP contribution in [0.4, 0.5) is 4.79 Å². The Labute approximate surface area is 333 Å². The van der Waals surface area contributed by atoms with Crippen LogP contribution in [0, 0.1) is 29.6 Å². The van der Waals surface area contributed by atoms with Gasteiger partial charge in [0, 0.05) is 25.0 Å². The first-order valence-corrected chi connectivity index (χ1v) is 21.2. The van der Waals surface area contributed by atoms with Crippen molar-refractivity contribution >= 4 is 41.5 Å². The highest BCUT2D eigenvalue weighted by molar-refractivity contribution is 7.98. The highest BCUT2D eigenvalue weighted by atomic mass is 32.2. The maximum atomic E-state index is 14.0. The molecule has 13 nitrogen and oxygen atoms in total. The van der Waals surface area contributed by atoms with Crippen molar-refractivity contribution in [2.45, 2.75) is 137 Å². The third-order valence-corrected chi connectivity index (χ3v) is 10.0. The minimum absolute atomic E-state index is 0.0538. The Hall–Kier alpha value is -3.36. The summed E-state index contributed by atoms with van der Waals surface area (Å²) in [5, 5.41) is 26.2. The van der Waals surface area contributed by atoms with E-state index in [0.717, 1.165) is 5.56 Å². The van der Waals surface area contributed by atoms with Gasteiger partial charge in [-0.05, 0) is 88.2 Å². The zero-order valence-electron chi connectivity index (χ0n) is 34.7. The minimum Gasteiger partial charge on any atom is -0.444 e. The van der Waals surface area contributed by atoms with Crippen molar-refractivity contribution in [3.05, 3.63) is 35.9 Å². The predicted molar refractivity (Wildman–Crippen MR) is 217 cm³/mol. The number of aliphatic hydroxyl groups excluding tert-OH is 1. The van der Waals surface area contributed by atoms with Crippen LogP contribution in [0.1, 0.15) is 100.0 Å². The van der Waals surface area contributed by atoms with Gasteiger partial charge in [0.25, 0.3) is 0 Å². The summed E-state index contributed by atoms with van der Waals surface area (Å²) in [6.07, 6.45) is 1.95. The molecule has 1 fully saturated rings. The van der Waals surface area contributed by atoms with E-state index in [0.29, 0.717) is 51.2 Å². The number of hydrogen-bond donors (Lipinski definition) is 6. The van der Waals surface area contributed by atoms with Crippen LogP contribution in [-0.2, 0) is 35.2 Å². The lowest BCUT2D eigenvalue weighted by molar-refractivity contribution is -0.134. The van der Waals surface area contributed by atoms with Gasteiger partial charge in [0.1, 0.15) is 23.7 Å². The van der Waals surface area contributed by atoms with Crippen LogP contribution in [-0.4, -0.2) is 95.9 Å². The Morgan fingerprint density at radius 3 is 2.05 bits per heavy atom. The molecule has 5 amide bonds. The molecule has 0 aromatic heterocycles.